The van der Waals surface area contributed by atoms with Crippen LogP contribution < -0.4 is 11.1 Å². The lowest BCUT2D eigenvalue weighted by Gasteiger charge is -2.35. The fraction of sp³-hybridized carbons (Fsp3) is 0.611. The Morgan fingerprint density at radius 3 is 2.50 bits per heavy atom. The molecule has 1 aromatic rings. The van der Waals surface area contributed by atoms with E-state index in [1.165, 1.54) is 5.56 Å². The van der Waals surface area contributed by atoms with Gasteiger partial charge in [0, 0.05) is 19.6 Å². The van der Waals surface area contributed by atoms with Gasteiger partial charge in [0.05, 0.1) is 25.3 Å². The number of ether oxygens (including phenoxy) is 1. The van der Waals surface area contributed by atoms with Gasteiger partial charge in [0.15, 0.2) is 0 Å². The smallest absolute Gasteiger partial charge is 0.237 e. The molecule has 1 aromatic carbocycles. The Labute approximate surface area is 151 Å². The zero-order valence-corrected chi connectivity index (χ0v) is 15.4. The number of morpholine rings is 1. The van der Waals surface area contributed by atoms with Gasteiger partial charge < -0.3 is 15.8 Å². The molecule has 136 valence electrons. The van der Waals surface area contributed by atoms with E-state index < -0.39 is 6.04 Å². The highest BCUT2D eigenvalue weighted by Gasteiger charge is 2.25. The summed E-state index contributed by atoms with van der Waals surface area (Å²) in [6.45, 7) is 7.89. The summed E-state index contributed by atoms with van der Waals surface area (Å²) in [5.74, 6) is 0.127. The van der Waals surface area contributed by atoms with Crippen molar-refractivity contribution in [2.75, 3.05) is 32.8 Å². The van der Waals surface area contributed by atoms with Crippen molar-refractivity contribution in [3.63, 3.8) is 0 Å². The molecular weight excluding hydrogens is 326 g/mol. The number of benzene rings is 1. The summed E-state index contributed by atoms with van der Waals surface area (Å²) in [6.07, 6.45) is 0.903. The fourth-order valence-corrected chi connectivity index (χ4v) is 2.85. The van der Waals surface area contributed by atoms with Gasteiger partial charge in [-0.1, -0.05) is 50.6 Å². The fourth-order valence-electron chi connectivity index (χ4n) is 2.85. The summed E-state index contributed by atoms with van der Waals surface area (Å²) in [6, 6.07) is 10.0. The lowest BCUT2D eigenvalue weighted by molar-refractivity contribution is -0.123. The van der Waals surface area contributed by atoms with E-state index in [0.29, 0.717) is 6.54 Å². The Bertz CT molecular complexity index is 480. The van der Waals surface area contributed by atoms with Crippen molar-refractivity contribution in [2.45, 2.75) is 32.4 Å². The molecule has 24 heavy (non-hydrogen) atoms. The van der Waals surface area contributed by atoms with Crippen LogP contribution in [0.2, 0.25) is 0 Å². The van der Waals surface area contributed by atoms with Crippen LogP contribution in [0, 0.1) is 5.92 Å². The predicted octanol–water partition coefficient (Wildman–Crippen LogP) is 1.97. The average Bonchev–Trinajstić information content (AvgIpc) is 2.62. The van der Waals surface area contributed by atoms with Crippen molar-refractivity contribution in [1.29, 1.82) is 0 Å². The van der Waals surface area contributed by atoms with E-state index in [4.69, 9.17) is 10.5 Å². The summed E-state index contributed by atoms with van der Waals surface area (Å²) < 4.78 is 5.45. The number of hydrogen-bond donors (Lipinski definition) is 2. The van der Waals surface area contributed by atoms with Crippen molar-refractivity contribution in [1.82, 2.24) is 10.2 Å². The molecule has 0 saturated carbocycles. The van der Waals surface area contributed by atoms with Gasteiger partial charge in [-0.3, -0.25) is 9.69 Å². The van der Waals surface area contributed by atoms with Gasteiger partial charge in [-0.25, -0.2) is 0 Å². The molecule has 1 heterocycles. The largest absolute Gasteiger partial charge is 0.379 e. The van der Waals surface area contributed by atoms with E-state index in [0.717, 1.165) is 32.7 Å². The molecule has 0 aromatic heterocycles. The van der Waals surface area contributed by atoms with Crippen molar-refractivity contribution < 1.29 is 9.53 Å². The topological polar surface area (TPSA) is 67.6 Å². The molecule has 1 amide bonds. The third-order valence-electron chi connectivity index (χ3n) is 4.70. The minimum atomic E-state index is -0.443. The van der Waals surface area contributed by atoms with Gasteiger partial charge in [0.25, 0.3) is 0 Å². The zero-order chi connectivity index (χ0) is 16.7. The molecule has 0 bridgehead atoms. The maximum Gasteiger partial charge on any atom is 0.237 e. The number of rotatable bonds is 7. The normalized spacial score (nSPS) is 19.0. The van der Waals surface area contributed by atoms with E-state index in [-0.39, 0.29) is 30.3 Å². The highest BCUT2D eigenvalue weighted by Crippen LogP contribution is 2.21. The first-order valence-electron chi connectivity index (χ1n) is 8.53. The maximum atomic E-state index is 12.3. The second kappa shape index (κ2) is 10.7. The summed E-state index contributed by atoms with van der Waals surface area (Å²) in [4.78, 5) is 14.7. The molecule has 1 fully saturated rings. The van der Waals surface area contributed by atoms with E-state index in [1.54, 1.807) is 0 Å². The second-order valence-electron chi connectivity index (χ2n) is 6.23. The monoisotopic (exact) mass is 355 g/mol. The molecule has 0 spiro atoms. The first kappa shape index (κ1) is 20.9. The molecule has 3 N–H and O–H groups in total. The molecule has 5 nitrogen and oxygen atoms in total. The Morgan fingerprint density at radius 1 is 1.29 bits per heavy atom. The first-order valence-corrected chi connectivity index (χ1v) is 8.53. The minimum Gasteiger partial charge on any atom is -0.379 e. The molecule has 6 heteroatoms. The van der Waals surface area contributed by atoms with Gasteiger partial charge in [-0.05, 0) is 11.5 Å². The number of nitrogens with zero attached hydrogens (tertiary/aromatic N) is 1. The van der Waals surface area contributed by atoms with E-state index in [2.05, 4.69) is 29.3 Å². The van der Waals surface area contributed by atoms with Crippen molar-refractivity contribution >= 4 is 18.3 Å². The highest BCUT2D eigenvalue weighted by molar-refractivity contribution is 5.85. The van der Waals surface area contributed by atoms with Gasteiger partial charge in [0.2, 0.25) is 5.91 Å². The number of carbonyl (C=O) groups excluding carboxylic acids is 1. The summed E-state index contributed by atoms with van der Waals surface area (Å²) in [5.41, 5.74) is 7.24. The van der Waals surface area contributed by atoms with Crippen LogP contribution in [-0.4, -0.2) is 49.7 Å². The Hall–Kier alpha value is -1.14. The lowest BCUT2D eigenvalue weighted by atomic mass is 9.99. The quantitative estimate of drug-likeness (QED) is 0.784. The Morgan fingerprint density at radius 2 is 1.92 bits per heavy atom. The summed E-state index contributed by atoms with van der Waals surface area (Å²) in [7, 11) is 0. The number of halogens is 1. The second-order valence-corrected chi connectivity index (χ2v) is 6.23. The molecule has 1 aliphatic heterocycles. The molecule has 1 saturated heterocycles. The molecule has 3 atom stereocenters. The summed E-state index contributed by atoms with van der Waals surface area (Å²) in [5, 5.41) is 3.05. The van der Waals surface area contributed by atoms with Crippen LogP contribution in [0.1, 0.15) is 31.9 Å². The Balaban J connectivity index is 0.00000288. The van der Waals surface area contributed by atoms with Gasteiger partial charge in [-0.15, -0.1) is 12.4 Å². The molecular formula is C18H30ClN3O2. The third kappa shape index (κ3) is 5.74. The molecule has 0 aliphatic carbocycles. The number of nitrogens with one attached hydrogen (secondary N) is 1. The number of carbonyl (C=O) groups is 1. The van der Waals surface area contributed by atoms with Crippen molar-refractivity contribution in [3.05, 3.63) is 35.9 Å². The van der Waals surface area contributed by atoms with Crippen LogP contribution in [0.25, 0.3) is 0 Å². The van der Waals surface area contributed by atoms with Crippen LogP contribution >= 0.6 is 12.4 Å². The predicted molar refractivity (Wildman–Crippen MR) is 99.3 cm³/mol. The maximum absolute atomic E-state index is 12.3. The molecule has 1 aliphatic rings. The van der Waals surface area contributed by atoms with Crippen LogP contribution in [0.15, 0.2) is 30.3 Å². The van der Waals surface area contributed by atoms with E-state index in [1.807, 2.05) is 25.1 Å². The van der Waals surface area contributed by atoms with Gasteiger partial charge >= 0.3 is 0 Å². The van der Waals surface area contributed by atoms with Crippen LogP contribution in [0.5, 0.6) is 0 Å². The lowest BCUT2D eigenvalue weighted by Crippen LogP contribution is -2.48. The van der Waals surface area contributed by atoms with E-state index >= 15 is 0 Å². The zero-order valence-electron chi connectivity index (χ0n) is 14.6. The highest BCUT2D eigenvalue weighted by atomic mass is 35.5. The van der Waals surface area contributed by atoms with Gasteiger partial charge in [-0.2, -0.15) is 0 Å². The van der Waals surface area contributed by atoms with Gasteiger partial charge in [0.1, 0.15) is 0 Å². The van der Waals surface area contributed by atoms with Crippen molar-refractivity contribution in [2.24, 2.45) is 11.7 Å². The standard InChI is InChI=1S/C18H29N3O2.ClH/c1-3-14(2)17(19)18(22)20-13-16(15-7-5-4-6-8-15)21-9-11-23-12-10-21;/h4-8,14,16-17H,3,9-13,19H2,1-2H3,(H,20,22);1H. The number of amides is 1. The van der Waals surface area contributed by atoms with E-state index in [9.17, 15) is 4.79 Å². The van der Waals surface area contributed by atoms with Crippen molar-refractivity contribution in [3.8, 4) is 0 Å². The molecule has 2 rings (SSSR count). The number of hydrogen-bond acceptors (Lipinski definition) is 4. The molecule has 3 unspecified atom stereocenters. The van der Waals surface area contributed by atoms with Crippen LogP contribution in [0.4, 0.5) is 0 Å². The minimum absolute atomic E-state index is 0. The third-order valence-corrected chi connectivity index (χ3v) is 4.70. The molecule has 0 radical (unpaired) electrons. The van der Waals surface area contributed by atoms with Crippen LogP contribution in [0.3, 0.4) is 0 Å². The van der Waals surface area contributed by atoms with Crippen LogP contribution in [-0.2, 0) is 9.53 Å². The number of nitrogens with two attached hydrogens (primary N) is 1. The first-order chi connectivity index (χ1) is 11.1. The SMILES string of the molecule is CCC(C)C(N)C(=O)NCC(c1ccccc1)N1CCOCC1.Cl. The average molecular weight is 356 g/mol. The Kier molecular flexibility index (Phi) is 9.29. The summed E-state index contributed by atoms with van der Waals surface area (Å²) >= 11 is 0.